The van der Waals surface area contributed by atoms with E-state index in [2.05, 4.69) is 241 Å². The third-order valence-electron chi connectivity index (χ3n) is 11.9. The molecule has 0 spiro atoms. The number of anilines is 3. The molecule has 1 aliphatic rings. The summed E-state index contributed by atoms with van der Waals surface area (Å²) in [7, 11) is 0. The quantitative estimate of drug-likeness (QED) is 0.142. The number of nitrogens with zero attached hydrogens (tertiary/aromatic N) is 2. The number of rotatable bonds is 9. The van der Waals surface area contributed by atoms with Crippen molar-refractivity contribution in [2.75, 3.05) is 4.90 Å². The van der Waals surface area contributed by atoms with Gasteiger partial charge < -0.3 is 9.47 Å². The molecule has 10 rings (SSSR count). The Bertz CT molecular complexity index is 2970. The number of allylic oxidation sites excluding steroid dienone is 4. The zero-order valence-electron chi connectivity index (χ0n) is 33.1. The lowest BCUT2D eigenvalue weighted by molar-refractivity contribution is 0.635. The molecule has 0 N–H and O–H groups in total. The second-order valence-corrected chi connectivity index (χ2v) is 15.5. The predicted octanol–water partition coefficient (Wildman–Crippen LogP) is 15.7. The van der Waals surface area contributed by atoms with Crippen LogP contribution in [-0.2, 0) is 0 Å². The summed E-state index contributed by atoms with van der Waals surface area (Å²) >= 11 is 0. The van der Waals surface area contributed by atoms with Crippen molar-refractivity contribution in [1.82, 2.24) is 4.57 Å². The summed E-state index contributed by atoms with van der Waals surface area (Å²) in [5.74, 6) is 0.840. The van der Waals surface area contributed by atoms with Gasteiger partial charge in [-0.2, -0.15) is 0 Å². The van der Waals surface area contributed by atoms with Gasteiger partial charge in [0.05, 0.1) is 11.0 Å². The van der Waals surface area contributed by atoms with Gasteiger partial charge in [-0.3, -0.25) is 0 Å². The monoisotopic (exact) mass is 756 g/mol. The van der Waals surface area contributed by atoms with E-state index in [9.17, 15) is 0 Å². The van der Waals surface area contributed by atoms with Crippen molar-refractivity contribution >= 4 is 44.9 Å². The van der Waals surface area contributed by atoms with Crippen molar-refractivity contribution in [3.05, 3.63) is 236 Å². The maximum Gasteiger partial charge on any atom is 0.0541 e. The van der Waals surface area contributed by atoms with E-state index >= 15 is 0 Å². The molecular weight excluding hydrogens is 713 g/mol. The van der Waals surface area contributed by atoms with Crippen molar-refractivity contribution in [1.29, 1.82) is 0 Å². The lowest BCUT2D eigenvalue weighted by Gasteiger charge is -2.27. The summed E-state index contributed by atoms with van der Waals surface area (Å²) in [4.78, 5) is 2.36. The van der Waals surface area contributed by atoms with Gasteiger partial charge in [0, 0.05) is 39.4 Å². The van der Waals surface area contributed by atoms with Crippen LogP contribution in [0.15, 0.2) is 225 Å². The van der Waals surface area contributed by atoms with Gasteiger partial charge in [0.1, 0.15) is 0 Å². The normalized spacial score (nSPS) is 14.8. The first-order valence-corrected chi connectivity index (χ1v) is 20.5. The highest BCUT2D eigenvalue weighted by atomic mass is 15.1. The molecule has 59 heavy (non-hydrogen) atoms. The average Bonchev–Trinajstić information content (AvgIpc) is 3.63. The van der Waals surface area contributed by atoms with Gasteiger partial charge in [0.25, 0.3) is 0 Å². The molecule has 0 bridgehead atoms. The molecular formula is C57H44N2. The second kappa shape index (κ2) is 15.5. The van der Waals surface area contributed by atoms with Crippen LogP contribution in [0.1, 0.15) is 24.0 Å². The standard InChI is InChI=1S/C57H44N2/c1-3-41-18-20-44(21-19-41)47-28-36-56-54(38-47)55-39-48(29-37-57(55)59(56)49-15-8-5-9-16-49)45-24-32-51(33-25-45)58(50-30-22-43(23-31-50)42-13-6-4-7-14-42)52-34-26-46(27-35-52)53-17-11-10-12-40(53)2/h3-40,53H,1H2,2H3. The van der Waals surface area contributed by atoms with E-state index in [0.717, 1.165) is 28.3 Å². The summed E-state index contributed by atoms with van der Waals surface area (Å²) in [5, 5.41) is 2.46. The highest BCUT2D eigenvalue weighted by Crippen LogP contribution is 2.41. The van der Waals surface area contributed by atoms with E-state index in [0.29, 0.717) is 11.8 Å². The Morgan fingerprint density at radius 1 is 0.458 bits per heavy atom. The Morgan fingerprint density at radius 3 is 1.42 bits per heavy atom. The number of para-hydroxylation sites is 1. The highest BCUT2D eigenvalue weighted by Gasteiger charge is 2.19. The third kappa shape index (κ3) is 6.89. The Labute approximate surface area is 347 Å². The van der Waals surface area contributed by atoms with Crippen molar-refractivity contribution in [2.24, 2.45) is 5.92 Å². The molecule has 0 saturated heterocycles. The smallest absolute Gasteiger partial charge is 0.0541 e. The van der Waals surface area contributed by atoms with Gasteiger partial charge in [-0.05, 0) is 123 Å². The van der Waals surface area contributed by atoms with Crippen LogP contribution in [0.5, 0.6) is 0 Å². The van der Waals surface area contributed by atoms with Gasteiger partial charge in [0.15, 0.2) is 0 Å². The number of benzene rings is 8. The van der Waals surface area contributed by atoms with Gasteiger partial charge in [-0.25, -0.2) is 0 Å². The zero-order chi connectivity index (χ0) is 39.7. The van der Waals surface area contributed by atoms with Crippen LogP contribution >= 0.6 is 0 Å². The summed E-state index contributed by atoms with van der Waals surface area (Å²) in [5.41, 5.74) is 16.5. The molecule has 2 nitrogen and oxygen atoms in total. The summed E-state index contributed by atoms with van der Waals surface area (Å²) in [6.07, 6.45) is 10.8. The highest BCUT2D eigenvalue weighted by molar-refractivity contribution is 6.11. The SMILES string of the molecule is C=Cc1ccc(-c2ccc3c(c2)c2cc(-c4ccc(N(c5ccc(-c6ccccc6)cc5)c5ccc(C6C=CC=CC6C)cc5)cc4)ccc2n3-c2ccccc2)cc1. The molecule has 0 fully saturated rings. The molecule has 1 aromatic heterocycles. The van der Waals surface area contributed by atoms with Gasteiger partial charge in [-0.1, -0.05) is 165 Å². The molecule has 9 aromatic rings. The van der Waals surface area contributed by atoms with E-state index in [1.807, 2.05) is 6.08 Å². The Balaban J connectivity index is 1.04. The van der Waals surface area contributed by atoms with Gasteiger partial charge in [-0.15, -0.1) is 0 Å². The van der Waals surface area contributed by atoms with Crippen LogP contribution in [0.25, 0.3) is 66.9 Å². The van der Waals surface area contributed by atoms with E-state index in [4.69, 9.17) is 0 Å². The first-order valence-electron chi connectivity index (χ1n) is 20.5. The molecule has 2 unspecified atom stereocenters. The molecule has 2 heteroatoms. The second-order valence-electron chi connectivity index (χ2n) is 15.5. The largest absolute Gasteiger partial charge is 0.311 e. The van der Waals surface area contributed by atoms with Crippen molar-refractivity contribution in [2.45, 2.75) is 12.8 Å². The summed E-state index contributed by atoms with van der Waals surface area (Å²) in [6.45, 7) is 6.23. The number of fused-ring (bicyclic) bond motifs is 3. The van der Waals surface area contributed by atoms with Crippen molar-refractivity contribution in [3.63, 3.8) is 0 Å². The van der Waals surface area contributed by atoms with Crippen LogP contribution in [0, 0.1) is 5.92 Å². The van der Waals surface area contributed by atoms with E-state index in [-0.39, 0.29) is 0 Å². The van der Waals surface area contributed by atoms with Crippen LogP contribution in [0.2, 0.25) is 0 Å². The predicted molar refractivity (Wildman–Crippen MR) is 252 cm³/mol. The molecule has 8 aromatic carbocycles. The van der Waals surface area contributed by atoms with Gasteiger partial charge in [0.2, 0.25) is 0 Å². The molecule has 1 heterocycles. The minimum Gasteiger partial charge on any atom is -0.311 e. The topological polar surface area (TPSA) is 8.17 Å². The van der Waals surface area contributed by atoms with E-state index in [1.54, 1.807) is 0 Å². The first-order chi connectivity index (χ1) is 29.1. The van der Waals surface area contributed by atoms with Crippen molar-refractivity contribution in [3.8, 4) is 39.1 Å². The summed E-state index contributed by atoms with van der Waals surface area (Å²) < 4.78 is 2.39. The number of hydrogen-bond acceptors (Lipinski definition) is 1. The molecule has 0 amide bonds. The molecule has 0 radical (unpaired) electrons. The molecule has 0 aliphatic heterocycles. The minimum absolute atomic E-state index is 0.376. The van der Waals surface area contributed by atoms with E-state index in [1.165, 1.54) is 60.8 Å². The molecule has 2 atom stereocenters. The fourth-order valence-corrected chi connectivity index (χ4v) is 8.71. The average molecular weight is 757 g/mol. The zero-order valence-corrected chi connectivity index (χ0v) is 33.1. The maximum atomic E-state index is 3.94. The van der Waals surface area contributed by atoms with Gasteiger partial charge >= 0.3 is 0 Å². The van der Waals surface area contributed by atoms with Crippen LogP contribution in [-0.4, -0.2) is 4.57 Å². The lowest BCUT2D eigenvalue weighted by Crippen LogP contribution is -2.11. The fourth-order valence-electron chi connectivity index (χ4n) is 8.71. The Morgan fingerprint density at radius 2 is 0.898 bits per heavy atom. The Hall–Kier alpha value is -7.42. The minimum atomic E-state index is 0.376. The summed E-state index contributed by atoms with van der Waals surface area (Å²) in [6, 6.07) is 70.7. The fraction of sp³-hybridized carbons (Fsp3) is 0.0526. The molecule has 0 saturated carbocycles. The molecule has 282 valence electrons. The molecule has 1 aliphatic carbocycles. The van der Waals surface area contributed by atoms with Crippen molar-refractivity contribution < 1.29 is 0 Å². The van der Waals surface area contributed by atoms with Crippen LogP contribution < -0.4 is 4.90 Å². The lowest BCUT2D eigenvalue weighted by atomic mass is 9.84. The first kappa shape index (κ1) is 36.0. The van der Waals surface area contributed by atoms with Crippen LogP contribution in [0.3, 0.4) is 0 Å². The van der Waals surface area contributed by atoms with E-state index < -0.39 is 0 Å². The number of aromatic nitrogens is 1. The Kier molecular flexibility index (Phi) is 9.44. The van der Waals surface area contributed by atoms with Crippen LogP contribution in [0.4, 0.5) is 17.1 Å². The number of hydrogen-bond donors (Lipinski definition) is 0. The third-order valence-corrected chi connectivity index (χ3v) is 11.9. The maximum absolute atomic E-state index is 3.94.